The van der Waals surface area contributed by atoms with E-state index in [4.69, 9.17) is 9.47 Å². The Bertz CT molecular complexity index is 337. The Morgan fingerprint density at radius 1 is 1.40 bits per heavy atom. The van der Waals surface area contributed by atoms with E-state index in [0.717, 1.165) is 0 Å². The fraction of sp³-hybridized carbons (Fsp3) is 0.455. The van der Waals surface area contributed by atoms with Crippen LogP contribution in [-0.4, -0.2) is 19.3 Å². The zero-order chi connectivity index (χ0) is 11.4. The second-order valence-electron chi connectivity index (χ2n) is 3.31. The normalized spacial score (nSPS) is 12.6. The van der Waals surface area contributed by atoms with Crippen molar-refractivity contribution in [3.63, 3.8) is 0 Å². The Hall–Kier alpha value is -1.13. The van der Waals surface area contributed by atoms with Crippen LogP contribution in [0.1, 0.15) is 24.2 Å². The minimum Gasteiger partial charge on any atom is -0.493 e. The Labute approximate surface area is 88.4 Å². The molecule has 0 aromatic heterocycles. The smallest absolute Gasteiger partial charge is 0.165 e. The second kappa shape index (κ2) is 5.09. The minimum absolute atomic E-state index is 0.0878. The number of hydrogen-bond acceptors (Lipinski definition) is 3. The summed E-state index contributed by atoms with van der Waals surface area (Å²) in [5, 5.41) is 9.47. The van der Waals surface area contributed by atoms with Gasteiger partial charge in [-0.2, -0.15) is 0 Å². The van der Waals surface area contributed by atoms with Crippen LogP contribution >= 0.6 is 0 Å². The summed E-state index contributed by atoms with van der Waals surface area (Å²) in [7, 11) is 2.91. The molecule has 1 aromatic rings. The first-order chi connectivity index (χ1) is 7.10. The molecule has 0 saturated heterocycles. The van der Waals surface area contributed by atoms with Crippen molar-refractivity contribution < 1.29 is 19.0 Å². The first-order valence-corrected chi connectivity index (χ1v) is 4.63. The maximum absolute atomic E-state index is 13.5. The standard InChI is InChI=1S/C11H15FO3/c1-7(13)9-4-8(6-14-2)5-10(12)11(9)15-3/h4-5,7,13H,6H2,1-3H3. The molecule has 0 aliphatic carbocycles. The largest absolute Gasteiger partial charge is 0.493 e. The summed E-state index contributed by atoms with van der Waals surface area (Å²) in [6, 6.07) is 3.02. The lowest BCUT2D eigenvalue weighted by atomic mass is 10.1. The van der Waals surface area contributed by atoms with Crippen LogP contribution in [0, 0.1) is 5.82 Å². The molecule has 0 aliphatic rings. The van der Waals surface area contributed by atoms with E-state index < -0.39 is 11.9 Å². The summed E-state index contributed by atoms with van der Waals surface area (Å²) in [6.45, 7) is 1.87. The number of rotatable bonds is 4. The van der Waals surface area contributed by atoms with Crippen molar-refractivity contribution in [3.05, 3.63) is 29.1 Å². The summed E-state index contributed by atoms with van der Waals surface area (Å²) in [6.07, 6.45) is -0.772. The van der Waals surface area contributed by atoms with Gasteiger partial charge in [0, 0.05) is 12.7 Å². The molecular weight excluding hydrogens is 199 g/mol. The van der Waals surface area contributed by atoms with Crippen molar-refractivity contribution in [3.8, 4) is 5.75 Å². The molecule has 1 rings (SSSR count). The number of benzene rings is 1. The van der Waals surface area contributed by atoms with Crippen LogP contribution in [0.15, 0.2) is 12.1 Å². The molecule has 1 aromatic carbocycles. The first-order valence-electron chi connectivity index (χ1n) is 4.63. The maximum Gasteiger partial charge on any atom is 0.165 e. The van der Waals surface area contributed by atoms with Gasteiger partial charge in [-0.1, -0.05) is 0 Å². The van der Waals surface area contributed by atoms with E-state index in [1.165, 1.54) is 20.3 Å². The molecular formula is C11H15FO3. The molecule has 1 atom stereocenters. The van der Waals surface area contributed by atoms with E-state index >= 15 is 0 Å². The third-order valence-electron chi connectivity index (χ3n) is 2.10. The van der Waals surface area contributed by atoms with Crippen molar-refractivity contribution in [2.45, 2.75) is 19.6 Å². The van der Waals surface area contributed by atoms with Gasteiger partial charge in [0.05, 0.1) is 19.8 Å². The molecule has 0 aliphatic heterocycles. The second-order valence-corrected chi connectivity index (χ2v) is 3.31. The van der Waals surface area contributed by atoms with Gasteiger partial charge in [-0.3, -0.25) is 0 Å². The summed E-state index contributed by atoms with van der Waals surface area (Å²) in [4.78, 5) is 0. The SMILES string of the molecule is COCc1cc(F)c(OC)c(C(C)O)c1. The van der Waals surface area contributed by atoms with E-state index in [0.29, 0.717) is 17.7 Å². The molecule has 1 unspecified atom stereocenters. The highest BCUT2D eigenvalue weighted by molar-refractivity contribution is 5.39. The van der Waals surface area contributed by atoms with Crippen molar-refractivity contribution in [2.75, 3.05) is 14.2 Å². The number of halogens is 1. The highest BCUT2D eigenvalue weighted by atomic mass is 19.1. The fourth-order valence-electron chi connectivity index (χ4n) is 1.45. The van der Waals surface area contributed by atoms with Crippen LogP contribution in [0.5, 0.6) is 5.75 Å². The van der Waals surface area contributed by atoms with E-state index in [9.17, 15) is 9.50 Å². The molecule has 84 valence electrons. The quantitative estimate of drug-likeness (QED) is 0.833. The Morgan fingerprint density at radius 3 is 2.53 bits per heavy atom. The summed E-state index contributed by atoms with van der Waals surface area (Å²) >= 11 is 0. The third-order valence-corrected chi connectivity index (χ3v) is 2.10. The molecule has 15 heavy (non-hydrogen) atoms. The van der Waals surface area contributed by atoms with Crippen molar-refractivity contribution in [1.29, 1.82) is 0 Å². The van der Waals surface area contributed by atoms with Crippen LogP contribution in [-0.2, 0) is 11.3 Å². The van der Waals surface area contributed by atoms with Crippen molar-refractivity contribution >= 4 is 0 Å². The van der Waals surface area contributed by atoms with Gasteiger partial charge in [-0.25, -0.2) is 4.39 Å². The van der Waals surface area contributed by atoms with Gasteiger partial charge in [-0.15, -0.1) is 0 Å². The van der Waals surface area contributed by atoms with Gasteiger partial charge in [0.25, 0.3) is 0 Å². The van der Waals surface area contributed by atoms with Crippen LogP contribution in [0.4, 0.5) is 4.39 Å². The first kappa shape index (κ1) is 11.9. The zero-order valence-electron chi connectivity index (χ0n) is 9.08. The van der Waals surface area contributed by atoms with E-state index in [-0.39, 0.29) is 5.75 Å². The van der Waals surface area contributed by atoms with Gasteiger partial charge < -0.3 is 14.6 Å². The van der Waals surface area contributed by atoms with Gasteiger partial charge in [0.15, 0.2) is 11.6 Å². The summed E-state index contributed by atoms with van der Waals surface area (Å²) < 4.78 is 23.3. The number of methoxy groups -OCH3 is 2. The van der Waals surface area contributed by atoms with Gasteiger partial charge >= 0.3 is 0 Å². The van der Waals surface area contributed by atoms with Crippen molar-refractivity contribution in [1.82, 2.24) is 0 Å². The topological polar surface area (TPSA) is 38.7 Å². The third kappa shape index (κ3) is 2.67. The molecule has 0 heterocycles. The average molecular weight is 214 g/mol. The molecule has 1 N–H and O–H groups in total. The fourth-order valence-corrected chi connectivity index (χ4v) is 1.45. The van der Waals surface area contributed by atoms with Crippen LogP contribution in [0.2, 0.25) is 0 Å². The highest BCUT2D eigenvalue weighted by Crippen LogP contribution is 2.29. The lowest BCUT2D eigenvalue weighted by Gasteiger charge is -2.13. The predicted octanol–water partition coefficient (Wildman–Crippen LogP) is 2.03. The number of aliphatic hydroxyl groups excluding tert-OH is 1. The predicted molar refractivity (Wildman–Crippen MR) is 54.3 cm³/mol. The van der Waals surface area contributed by atoms with Crippen LogP contribution in [0.3, 0.4) is 0 Å². The molecule has 0 amide bonds. The lowest BCUT2D eigenvalue weighted by molar-refractivity contribution is 0.180. The Balaban J connectivity index is 3.19. The van der Waals surface area contributed by atoms with E-state index in [2.05, 4.69) is 0 Å². The highest BCUT2D eigenvalue weighted by Gasteiger charge is 2.15. The Kier molecular flexibility index (Phi) is 4.05. The summed E-state index contributed by atoms with van der Waals surface area (Å²) in [5.41, 5.74) is 1.11. The molecule has 0 saturated carbocycles. The number of ether oxygens (including phenoxy) is 2. The minimum atomic E-state index is -0.772. The number of hydrogen-bond donors (Lipinski definition) is 1. The molecule has 0 radical (unpaired) electrons. The maximum atomic E-state index is 13.5. The monoisotopic (exact) mass is 214 g/mol. The zero-order valence-corrected chi connectivity index (χ0v) is 9.08. The molecule has 0 bridgehead atoms. The van der Waals surface area contributed by atoms with Gasteiger partial charge in [0.1, 0.15) is 0 Å². The van der Waals surface area contributed by atoms with E-state index in [1.54, 1.807) is 13.0 Å². The van der Waals surface area contributed by atoms with Gasteiger partial charge in [0.2, 0.25) is 0 Å². The molecule has 4 heteroatoms. The molecule has 3 nitrogen and oxygen atoms in total. The van der Waals surface area contributed by atoms with Gasteiger partial charge in [-0.05, 0) is 24.6 Å². The van der Waals surface area contributed by atoms with Crippen molar-refractivity contribution in [2.24, 2.45) is 0 Å². The van der Waals surface area contributed by atoms with Crippen LogP contribution in [0.25, 0.3) is 0 Å². The molecule has 0 fully saturated rings. The lowest BCUT2D eigenvalue weighted by Crippen LogP contribution is -2.02. The summed E-state index contributed by atoms with van der Waals surface area (Å²) in [5.74, 6) is -0.396. The van der Waals surface area contributed by atoms with Crippen LogP contribution < -0.4 is 4.74 Å². The van der Waals surface area contributed by atoms with E-state index in [1.807, 2.05) is 0 Å². The Morgan fingerprint density at radius 2 is 2.07 bits per heavy atom. The average Bonchev–Trinajstić information content (AvgIpc) is 2.17. The number of aliphatic hydroxyl groups is 1. The molecule has 0 spiro atoms.